The second kappa shape index (κ2) is 8.49. The van der Waals surface area contributed by atoms with E-state index < -0.39 is 40.6 Å². The summed E-state index contributed by atoms with van der Waals surface area (Å²) in [5.41, 5.74) is 3.04. The smallest absolute Gasteiger partial charge is 0.271 e. The summed E-state index contributed by atoms with van der Waals surface area (Å²) >= 11 is 0. The van der Waals surface area contributed by atoms with Gasteiger partial charge in [0, 0.05) is 5.92 Å². The first kappa shape index (κ1) is 24.5. The maximum Gasteiger partial charge on any atom is 0.271 e. The molecule has 2 saturated heterocycles. The van der Waals surface area contributed by atoms with Crippen LogP contribution in [0.5, 0.6) is 0 Å². The molecule has 3 atom stereocenters. The number of para-hydroxylation sites is 1. The maximum absolute atomic E-state index is 15.5. The minimum Gasteiger partial charge on any atom is -0.273 e. The third-order valence-corrected chi connectivity index (χ3v) is 9.91. The zero-order valence-electron chi connectivity index (χ0n) is 22.9. The van der Waals surface area contributed by atoms with Crippen molar-refractivity contribution in [1.29, 1.82) is 0 Å². The highest BCUT2D eigenvalue weighted by Gasteiger charge is 2.87. The van der Waals surface area contributed by atoms with E-state index in [1.54, 1.807) is 0 Å². The minimum atomic E-state index is -1.60. The molecule has 43 heavy (non-hydrogen) atoms. The standard InChI is InChI=1S/C37H25FN2O3/c38-24-19-21-25(22-20-24)39-34(41)36-31-27-15-7-9-17-29(27)32(30-18-10-8-16-28(30)31)37(36,35(39)42)43-40(26-13-5-2-6-14-26)33(36)23-11-3-1-4-12-23/h1-22,31-33H. The topological polar surface area (TPSA) is 49.9 Å². The van der Waals surface area contributed by atoms with E-state index >= 15 is 9.59 Å². The lowest BCUT2D eigenvalue weighted by molar-refractivity contribution is -0.153. The summed E-state index contributed by atoms with van der Waals surface area (Å²) in [5, 5.41) is 1.81. The van der Waals surface area contributed by atoms with Crippen LogP contribution in [0.1, 0.15) is 45.7 Å². The molecule has 5 nitrogen and oxygen atoms in total. The molecule has 6 heteroatoms. The zero-order valence-corrected chi connectivity index (χ0v) is 22.9. The van der Waals surface area contributed by atoms with Crippen LogP contribution in [0.3, 0.4) is 0 Å². The third-order valence-electron chi connectivity index (χ3n) is 9.91. The van der Waals surface area contributed by atoms with Crippen LogP contribution in [0.25, 0.3) is 0 Å². The Labute approximate surface area is 247 Å². The highest BCUT2D eigenvalue weighted by Crippen LogP contribution is 2.77. The summed E-state index contributed by atoms with van der Waals surface area (Å²) in [7, 11) is 0. The Kier molecular flexibility index (Phi) is 4.84. The molecule has 2 amide bonds. The molecule has 2 bridgehead atoms. The molecule has 0 aromatic heterocycles. The highest BCUT2D eigenvalue weighted by molar-refractivity contribution is 6.29. The van der Waals surface area contributed by atoms with Crippen molar-refractivity contribution in [2.24, 2.45) is 5.41 Å². The molecule has 0 saturated carbocycles. The summed E-state index contributed by atoms with van der Waals surface area (Å²) in [6, 6.07) is 40.8. The van der Waals surface area contributed by atoms with Gasteiger partial charge in [-0.2, -0.15) is 0 Å². The van der Waals surface area contributed by atoms with E-state index in [-0.39, 0.29) is 5.91 Å². The predicted molar refractivity (Wildman–Crippen MR) is 160 cm³/mol. The number of carbonyl (C=O) groups is 2. The summed E-state index contributed by atoms with van der Waals surface area (Å²) in [6.45, 7) is 0. The van der Waals surface area contributed by atoms with Crippen molar-refractivity contribution >= 4 is 23.2 Å². The molecule has 10 rings (SSSR count). The molecule has 2 heterocycles. The molecule has 0 radical (unpaired) electrons. The Balaban J connectivity index is 1.43. The van der Waals surface area contributed by atoms with Gasteiger partial charge in [0.05, 0.1) is 17.3 Å². The molecule has 208 valence electrons. The number of nitrogens with zero attached hydrogens (tertiary/aromatic N) is 2. The SMILES string of the molecule is O=C1N(c2ccc(F)cc2)C(=O)C23C4c5ccccc5C(c5ccccc54)C12ON(c1ccccc1)C3c1ccccc1. The first-order valence-corrected chi connectivity index (χ1v) is 14.5. The van der Waals surface area contributed by atoms with Gasteiger partial charge >= 0.3 is 0 Å². The number of amides is 2. The summed E-state index contributed by atoms with van der Waals surface area (Å²) in [5.74, 6) is -2.24. The van der Waals surface area contributed by atoms with Gasteiger partial charge in [-0.1, -0.05) is 97.1 Å². The van der Waals surface area contributed by atoms with Crippen molar-refractivity contribution in [2.75, 3.05) is 9.96 Å². The van der Waals surface area contributed by atoms with E-state index in [4.69, 9.17) is 4.84 Å². The fourth-order valence-electron chi connectivity index (χ4n) is 8.49. The number of benzene rings is 5. The van der Waals surface area contributed by atoms with Gasteiger partial charge in [-0.25, -0.2) is 14.4 Å². The fraction of sp³-hybridized carbons (Fsp3) is 0.135. The first-order valence-electron chi connectivity index (χ1n) is 14.5. The lowest BCUT2D eigenvalue weighted by Gasteiger charge is -2.55. The summed E-state index contributed by atoms with van der Waals surface area (Å²) in [6.07, 6.45) is 0. The average Bonchev–Trinajstić information content (AvgIpc) is 3.50. The molecule has 0 N–H and O–H groups in total. The Morgan fingerprint density at radius 2 is 1.07 bits per heavy atom. The maximum atomic E-state index is 15.5. The van der Waals surface area contributed by atoms with Gasteiger partial charge in [0.1, 0.15) is 17.3 Å². The van der Waals surface area contributed by atoms with E-state index in [0.29, 0.717) is 5.69 Å². The van der Waals surface area contributed by atoms with E-state index in [1.807, 2.05) is 90.0 Å². The Bertz CT molecular complexity index is 1900. The van der Waals surface area contributed by atoms with Gasteiger partial charge in [-0.05, 0) is 64.2 Å². The van der Waals surface area contributed by atoms with Gasteiger partial charge in [0.2, 0.25) is 11.5 Å². The van der Waals surface area contributed by atoms with E-state index in [0.717, 1.165) is 33.5 Å². The number of imide groups is 1. The van der Waals surface area contributed by atoms with Crippen LogP contribution in [-0.4, -0.2) is 17.4 Å². The molecular formula is C37H25FN2O3. The van der Waals surface area contributed by atoms with Crippen LogP contribution in [0.2, 0.25) is 0 Å². The number of rotatable bonds is 3. The van der Waals surface area contributed by atoms with Crippen molar-refractivity contribution in [1.82, 2.24) is 0 Å². The van der Waals surface area contributed by atoms with E-state index in [2.05, 4.69) is 24.3 Å². The number of halogens is 1. The highest BCUT2D eigenvalue weighted by atomic mass is 19.1. The number of hydrogen-bond donors (Lipinski definition) is 0. The lowest BCUT2D eigenvalue weighted by atomic mass is 9.43. The second-order valence-electron chi connectivity index (χ2n) is 11.7. The monoisotopic (exact) mass is 564 g/mol. The Morgan fingerprint density at radius 3 is 1.65 bits per heavy atom. The van der Waals surface area contributed by atoms with Crippen molar-refractivity contribution < 1.29 is 18.8 Å². The molecular weight excluding hydrogens is 539 g/mol. The normalized spacial score (nSPS) is 28.0. The van der Waals surface area contributed by atoms with Gasteiger partial charge in [-0.3, -0.25) is 14.4 Å². The molecule has 5 aliphatic rings. The first-order chi connectivity index (χ1) is 21.1. The third kappa shape index (κ3) is 2.80. The molecule has 0 spiro atoms. The van der Waals surface area contributed by atoms with Gasteiger partial charge in [0.15, 0.2) is 0 Å². The van der Waals surface area contributed by atoms with E-state index in [9.17, 15) is 4.39 Å². The van der Waals surface area contributed by atoms with E-state index in [1.165, 1.54) is 29.2 Å². The quantitative estimate of drug-likeness (QED) is 0.224. The average molecular weight is 565 g/mol. The fourth-order valence-corrected chi connectivity index (χ4v) is 8.49. The number of hydroxylamine groups is 1. The number of hydrogen-bond acceptors (Lipinski definition) is 4. The molecule has 5 aromatic carbocycles. The van der Waals surface area contributed by atoms with Crippen LogP contribution in [0, 0.1) is 11.2 Å². The number of anilines is 2. The largest absolute Gasteiger partial charge is 0.273 e. The van der Waals surface area contributed by atoms with Crippen LogP contribution in [-0.2, 0) is 14.4 Å². The van der Waals surface area contributed by atoms with Crippen LogP contribution in [0.15, 0.2) is 133 Å². The number of carbonyl (C=O) groups excluding carboxylic acids is 2. The minimum absolute atomic E-state index is 0.334. The van der Waals surface area contributed by atoms with Gasteiger partial charge in [0.25, 0.3) is 5.91 Å². The molecule has 5 aromatic rings. The predicted octanol–water partition coefficient (Wildman–Crippen LogP) is 6.91. The molecule has 3 unspecified atom stereocenters. The van der Waals surface area contributed by atoms with Crippen molar-refractivity contribution in [3.05, 3.63) is 167 Å². The second-order valence-corrected chi connectivity index (χ2v) is 11.7. The van der Waals surface area contributed by atoms with Crippen molar-refractivity contribution in [2.45, 2.75) is 23.5 Å². The van der Waals surface area contributed by atoms with Crippen LogP contribution >= 0.6 is 0 Å². The molecule has 3 aliphatic carbocycles. The van der Waals surface area contributed by atoms with Gasteiger partial charge < -0.3 is 0 Å². The Morgan fingerprint density at radius 1 is 0.558 bits per heavy atom. The van der Waals surface area contributed by atoms with Gasteiger partial charge in [-0.15, -0.1) is 0 Å². The summed E-state index contributed by atoms with van der Waals surface area (Å²) < 4.78 is 14.1. The summed E-state index contributed by atoms with van der Waals surface area (Å²) in [4.78, 5) is 39.2. The molecule has 2 aliphatic heterocycles. The lowest BCUT2D eigenvalue weighted by Crippen LogP contribution is -2.63. The Hall–Kier alpha value is -5.07. The molecule has 2 fully saturated rings. The van der Waals surface area contributed by atoms with Crippen LogP contribution in [0.4, 0.5) is 15.8 Å². The van der Waals surface area contributed by atoms with Crippen LogP contribution < -0.4 is 9.96 Å². The van der Waals surface area contributed by atoms with Crippen molar-refractivity contribution in [3.63, 3.8) is 0 Å². The van der Waals surface area contributed by atoms with Crippen molar-refractivity contribution in [3.8, 4) is 0 Å². The zero-order chi connectivity index (χ0) is 28.9.